The summed E-state index contributed by atoms with van der Waals surface area (Å²) in [5.74, 6) is -1.01. The standard InChI is InChI=1S/C12H8F3N5/c13-6-1-2-9-8(3-6)11(18-7-4-16-17-5-7)20-12(19-9)10(14)15/h1-5,10H,(H,16,17)(H,18,19,20). The molecule has 1 aromatic carbocycles. The van der Waals surface area contributed by atoms with Gasteiger partial charge in [0.15, 0.2) is 5.82 Å². The van der Waals surface area contributed by atoms with Crippen LogP contribution >= 0.6 is 0 Å². The van der Waals surface area contributed by atoms with Gasteiger partial charge in [-0.15, -0.1) is 0 Å². The van der Waals surface area contributed by atoms with Crippen LogP contribution in [0.5, 0.6) is 0 Å². The summed E-state index contributed by atoms with van der Waals surface area (Å²) in [6.45, 7) is 0. The minimum absolute atomic E-state index is 0.103. The second-order valence-corrected chi connectivity index (χ2v) is 4.00. The van der Waals surface area contributed by atoms with Gasteiger partial charge >= 0.3 is 0 Å². The van der Waals surface area contributed by atoms with Crippen molar-refractivity contribution >= 4 is 22.4 Å². The zero-order valence-electron chi connectivity index (χ0n) is 9.94. The van der Waals surface area contributed by atoms with Gasteiger partial charge in [0, 0.05) is 11.6 Å². The van der Waals surface area contributed by atoms with Gasteiger partial charge in [-0.3, -0.25) is 5.10 Å². The Morgan fingerprint density at radius 2 is 2.05 bits per heavy atom. The second kappa shape index (κ2) is 4.80. The SMILES string of the molecule is Fc1ccc2nc(C(F)F)nc(Nc3cn[nH]c3)c2c1. The summed E-state index contributed by atoms with van der Waals surface area (Å²) in [4.78, 5) is 7.45. The van der Waals surface area contributed by atoms with Crippen LogP contribution in [-0.4, -0.2) is 20.2 Å². The molecule has 0 aliphatic carbocycles. The Morgan fingerprint density at radius 1 is 1.20 bits per heavy atom. The number of rotatable bonds is 3. The van der Waals surface area contributed by atoms with Crippen LogP contribution in [0.2, 0.25) is 0 Å². The highest BCUT2D eigenvalue weighted by molar-refractivity contribution is 5.90. The van der Waals surface area contributed by atoms with Crippen LogP contribution in [0, 0.1) is 5.82 Å². The Kier molecular flexibility index (Phi) is 2.97. The van der Waals surface area contributed by atoms with Gasteiger partial charge in [0.2, 0.25) is 0 Å². The van der Waals surface area contributed by atoms with E-state index in [1.54, 1.807) is 0 Å². The molecule has 2 aromatic heterocycles. The third-order valence-electron chi connectivity index (χ3n) is 2.63. The molecule has 20 heavy (non-hydrogen) atoms. The molecule has 2 heterocycles. The summed E-state index contributed by atoms with van der Waals surface area (Å²) >= 11 is 0. The number of nitrogens with zero attached hydrogens (tertiary/aromatic N) is 3. The Bertz CT molecular complexity index is 742. The average Bonchev–Trinajstić information content (AvgIpc) is 2.92. The monoisotopic (exact) mass is 279 g/mol. The van der Waals surface area contributed by atoms with E-state index >= 15 is 0 Å². The van der Waals surface area contributed by atoms with Crippen LogP contribution in [0.4, 0.5) is 24.7 Å². The van der Waals surface area contributed by atoms with Crippen LogP contribution in [0.3, 0.4) is 0 Å². The van der Waals surface area contributed by atoms with Gasteiger partial charge in [0.1, 0.15) is 11.6 Å². The van der Waals surface area contributed by atoms with E-state index in [4.69, 9.17) is 0 Å². The Balaban J connectivity index is 2.17. The molecule has 0 atom stereocenters. The zero-order valence-corrected chi connectivity index (χ0v) is 9.94. The number of alkyl halides is 2. The summed E-state index contributed by atoms with van der Waals surface area (Å²) < 4.78 is 38.9. The molecule has 0 amide bonds. The molecular formula is C12H8F3N5. The van der Waals surface area contributed by atoms with E-state index in [9.17, 15) is 13.2 Å². The van der Waals surface area contributed by atoms with Crippen LogP contribution < -0.4 is 5.32 Å². The average molecular weight is 279 g/mol. The normalized spacial score (nSPS) is 11.2. The number of anilines is 2. The number of aromatic amines is 1. The van der Waals surface area contributed by atoms with Crippen molar-refractivity contribution in [2.24, 2.45) is 0 Å². The molecule has 102 valence electrons. The number of benzene rings is 1. The molecule has 0 bridgehead atoms. The molecule has 0 saturated heterocycles. The summed E-state index contributed by atoms with van der Waals surface area (Å²) in [5, 5.41) is 9.41. The number of fused-ring (bicyclic) bond motifs is 1. The molecule has 0 aliphatic rings. The smallest absolute Gasteiger partial charge is 0.297 e. The lowest BCUT2D eigenvalue weighted by Gasteiger charge is -2.09. The molecule has 2 N–H and O–H groups in total. The van der Waals surface area contributed by atoms with E-state index in [1.807, 2.05) is 0 Å². The number of nitrogens with one attached hydrogen (secondary N) is 2. The number of aromatic nitrogens is 4. The van der Waals surface area contributed by atoms with Crippen molar-refractivity contribution in [2.45, 2.75) is 6.43 Å². The van der Waals surface area contributed by atoms with E-state index in [2.05, 4.69) is 25.5 Å². The van der Waals surface area contributed by atoms with Crippen LogP contribution in [0.15, 0.2) is 30.6 Å². The minimum Gasteiger partial charge on any atom is -0.337 e. The fraction of sp³-hybridized carbons (Fsp3) is 0.0833. The third kappa shape index (κ3) is 2.27. The maximum atomic E-state index is 13.3. The van der Waals surface area contributed by atoms with Gasteiger partial charge < -0.3 is 5.32 Å². The minimum atomic E-state index is -2.81. The Labute approximate surface area is 110 Å². The Hall–Kier alpha value is -2.64. The Morgan fingerprint density at radius 3 is 2.75 bits per heavy atom. The molecule has 0 radical (unpaired) electrons. The number of halogens is 3. The lowest BCUT2D eigenvalue weighted by atomic mass is 10.2. The van der Waals surface area contributed by atoms with E-state index in [-0.39, 0.29) is 11.3 Å². The fourth-order valence-corrected chi connectivity index (χ4v) is 1.77. The van der Waals surface area contributed by atoms with Crippen LogP contribution in [0.1, 0.15) is 12.2 Å². The molecule has 8 heteroatoms. The largest absolute Gasteiger partial charge is 0.337 e. The highest BCUT2D eigenvalue weighted by Gasteiger charge is 2.16. The highest BCUT2D eigenvalue weighted by Crippen LogP contribution is 2.27. The molecule has 0 fully saturated rings. The van der Waals surface area contributed by atoms with E-state index in [0.29, 0.717) is 11.1 Å². The van der Waals surface area contributed by atoms with Gasteiger partial charge in [-0.05, 0) is 18.2 Å². The predicted molar refractivity (Wildman–Crippen MR) is 66.3 cm³/mol. The number of hydrogen-bond donors (Lipinski definition) is 2. The summed E-state index contributed by atoms with van der Waals surface area (Å²) in [7, 11) is 0. The summed E-state index contributed by atoms with van der Waals surface area (Å²) in [6, 6.07) is 3.68. The third-order valence-corrected chi connectivity index (χ3v) is 2.63. The molecule has 0 saturated carbocycles. The van der Waals surface area contributed by atoms with Gasteiger partial charge in [-0.25, -0.2) is 23.1 Å². The first-order valence-corrected chi connectivity index (χ1v) is 5.64. The first-order chi connectivity index (χ1) is 9.63. The quantitative estimate of drug-likeness (QED) is 0.772. The van der Waals surface area contributed by atoms with Gasteiger partial charge in [-0.2, -0.15) is 5.10 Å². The summed E-state index contributed by atoms with van der Waals surface area (Å²) in [5.41, 5.74) is 0.761. The van der Waals surface area contributed by atoms with Crippen LogP contribution in [-0.2, 0) is 0 Å². The topological polar surface area (TPSA) is 66.5 Å². The van der Waals surface area contributed by atoms with E-state index in [1.165, 1.54) is 24.5 Å². The molecule has 3 aromatic rings. The number of H-pyrrole nitrogens is 1. The van der Waals surface area contributed by atoms with E-state index in [0.717, 1.165) is 6.07 Å². The van der Waals surface area contributed by atoms with Gasteiger partial charge in [0.25, 0.3) is 6.43 Å². The maximum absolute atomic E-state index is 13.3. The molecule has 0 aliphatic heterocycles. The van der Waals surface area contributed by atoms with Crippen molar-refractivity contribution in [1.29, 1.82) is 0 Å². The van der Waals surface area contributed by atoms with Crippen molar-refractivity contribution in [3.63, 3.8) is 0 Å². The number of hydrogen-bond acceptors (Lipinski definition) is 4. The lowest BCUT2D eigenvalue weighted by molar-refractivity contribution is 0.141. The first kappa shape index (κ1) is 12.4. The maximum Gasteiger partial charge on any atom is 0.297 e. The molecular weight excluding hydrogens is 271 g/mol. The lowest BCUT2D eigenvalue weighted by Crippen LogP contribution is -2.02. The zero-order chi connectivity index (χ0) is 14.1. The van der Waals surface area contributed by atoms with Gasteiger partial charge in [0.05, 0.1) is 17.4 Å². The van der Waals surface area contributed by atoms with Crippen LogP contribution in [0.25, 0.3) is 10.9 Å². The first-order valence-electron chi connectivity index (χ1n) is 5.64. The second-order valence-electron chi connectivity index (χ2n) is 4.00. The molecule has 3 rings (SSSR count). The molecule has 0 unspecified atom stereocenters. The molecule has 5 nitrogen and oxygen atoms in total. The van der Waals surface area contributed by atoms with Crippen molar-refractivity contribution in [1.82, 2.24) is 20.2 Å². The van der Waals surface area contributed by atoms with Crippen molar-refractivity contribution < 1.29 is 13.2 Å². The summed E-state index contributed by atoms with van der Waals surface area (Å²) in [6.07, 6.45) is 0.166. The van der Waals surface area contributed by atoms with Crippen molar-refractivity contribution in [3.05, 3.63) is 42.2 Å². The highest BCUT2D eigenvalue weighted by atomic mass is 19.3. The van der Waals surface area contributed by atoms with Crippen molar-refractivity contribution in [3.8, 4) is 0 Å². The predicted octanol–water partition coefficient (Wildman–Crippen LogP) is 3.17. The van der Waals surface area contributed by atoms with E-state index < -0.39 is 18.1 Å². The van der Waals surface area contributed by atoms with Crippen molar-refractivity contribution in [2.75, 3.05) is 5.32 Å². The van der Waals surface area contributed by atoms with Gasteiger partial charge in [-0.1, -0.05) is 0 Å². The molecule has 0 spiro atoms. The fourth-order valence-electron chi connectivity index (χ4n) is 1.77.